The molecule has 114 valence electrons. The minimum absolute atomic E-state index is 0.453. The molecule has 1 aromatic rings. The third kappa shape index (κ3) is 3.36. The third-order valence-corrected chi connectivity index (χ3v) is 5.05. The zero-order valence-electron chi connectivity index (χ0n) is 14.1. The lowest BCUT2D eigenvalue weighted by atomic mass is 9.76. The van der Waals surface area contributed by atoms with E-state index in [-0.39, 0.29) is 0 Å². The summed E-state index contributed by atoms with van der Waals surface area (Å²) in [5.41, 5.74) is 4.09. The summed E-state index contributed by atoms with van der Waals surface area (Å²) in [6.45, 7) is 11.4. The highest BCUT2D eigenvalue weighted by Crippen LogP contribution is 2.37. The first kappa shape index (κ1) is 15.4. The fourth-order valence-corrected chi connectivity index (χ4v) is 3.50. The Morgan fingerprint density at radius 2 is 1.80 bits per heavy atom. The number of nitrogens with one attached hydrogen (secondary N) is 1. The van der Waals surface area contributed by atoms with Crippen LogP contribution in [-0.2, 0) is 7.05 Å². The molecule has 0 radical (unpaired) electrons. The molecule has 0 aromatic carbocycles. The second kappa shape index (κ2) is 5.79. The first-order valence-electron chi connectivity index (χ1n) is 8.05. The minimum Gasteiger partial charge on any atom is -0.379 e. The van der Waals surface area contributed by atoms with Gasteiger partial charge in [-0.25, -0.2) is 0 Å². The van der Waals surface area contributed by atoms with Gasteiger partial charge >= 0.3 is 0 Å². The number of aromatic nitrogens is 2. The van der Waals surface area contributed by atoms with Crippen LogP contribution in [0.1, 0.15) is 64.3 Å². The van der Waals surface area contributed by atoms with Crippen molar-refractivity contribution in [3.05, 3.63) is 11.4 Å². The molecule has 1 heterocycles. The van der Waals surface area contributed by atoms with E-state index in [2.05, 4.69) is 45.0 Å². The molecular weight excluding hydrogens is 246 g/mol. The Hall–Kier alpha value is -0.990. The van der Waals surface area contributed by atoms with Crippen molar-refractivity contribution in [2.45, 2.75) is 72.8 Å². The van der Waals surface area contributed by atoms with Crippen LogP contribution >= 0.6 is 0 Å². The molecular formula is C17H31N3. The van der Waals surface area contributed by atoms with Crippen LogP contribution in [0.5, 0.6) is 0 Å². The maximum absolute atomic E-state index is 4.51. The first-order valence-corrected chi connectivity index (χ1v) is 8.05. The highest BCUT2D eigenvalue weighted by molar-refractivity contribution is 5.52. The molecule has 1 fully saturated rings. The van der Waals surface area contributed by atoms with Crippen molar-refractivity contribution in [2.75, 3.05) is 5.32 Å². The first-order chi connectivity index (χ1) is 9.29. The van der Waals surface area contributed by atoms with Gasteiger partial charge in [0.25, 0.3) is 0 Å². The van der Waals surface area contributed by atoms with E-state index in [0.717, 1.165) is 11.6 Å². The van der Waals surface area contributed by atoms with Crippen LogP contribution in [0.2, 0.25) is 0 Å². The molecule has 0 saturated heterocycles. The van der Waals surface area contributed by atoms with Crippen molar-refractivity contribution in [2.24, 2.45) is 18.4 Å². The van der Waals surface area contributed by atoms with E-state index < -0.39 is 0 Å². The zero-order chi connectivity index (χ0) is 14.9. The molecule has 1 N–H and O–H groups in total. The van der Waals surface area contributed by atoms with Gasteiger partial charge in [-0.3, -0.25) is 4.68 Å². The van der Waals surface area contributed by atoms with E-state index in [1.54, 1.807) is 0 Å². The second-order valence-electron chi connectivity index (χ2n) is 7.58. The van der Waals surface area contributed by atoms with Crippen LogP contribution in [0, 0.1) is 25.2 Å². The summed E-state index contributed by atoms with van der Waals surface area (Å²) in [4.78, 5) is 0. The van der Waals surface area contributed by atoms with Crippen LogP contribution in [0.25, 0.3) is 0 Å². The lowest BCUT2D eigenvalue weighted by Gasteiger charge is -2.29. The van der Waals surface area contributed by atoms with Gasteiger partial charge in [0.05, 0.1) is 17.1 Å². The number of hydrogen-bond acceptors (Lipinski definition) is 2. The van der Waals surface area contributed by atoms with Crippen LogP contribution in [0.15, 0.2) is 0 Å². The average molecular weight is 277 g/mol. The Kier molecular flexibility index (Phi) is 4.46. The maximum atomic E-state index is 4.51. The topological polar surface area (TPSA) is 29.9 Å². The molecule has 0 aliphatic heterocycles. The lowest BCUT2D eigenvalue weighted by Crippen LogP contribution is -2.22. The van der Waals surface area contributed by atoms with E-state index >= 15 is 0 Å². The molecule has 1 aliphatic rings. The van der Waals surface area contributed by atoms with Gasteiger partial charge in [0, 0.05) is 13.1 Å². The van der Waals surface area contributed by atoms with E-state index in [9.17, 15) is 0 Å². The molecule has 3 heteroatoms. The van der Waals surface area contributed by atoms with Crippen molar-refractivity contribution in [1.82, 2.24) is 9.78 Å². The van der Waals surface area contributed by atoms with Crippen molar-refractivity contribution in [1.29, 1.82) is 0 Å². The molecule has 2 rings (SSSR count). The molecule has 2 atom stereocenters. The van der Waals surface area contributed by atoms with Gasteiger partial charge < -0.3 is 5.32 Å². The quantitative estimate of drug-likeness (QED) is 0.810. The van der Waals surface area contributed by atoms with Crippen LogP contribution in [0.4, 0.5) is 5.69 Å². The third-order valence-electron chi connectivity index (χ3n) is 5.05. The molecule has 3 nitrogen and oxygen atoms in total. The molecule has 0 amide bonds. The summed E-state index contributed by atoms with van der Waals surface area (Å²) in [5.74, 6) is 0.866. The van der Waals surface area contributed by atoms with E-state index in [1.165, 1.54) is 43.5 Å². The fourth-order valence-electron chi connectivity index (χ4n) is 3.50. The number of anilines is 1. The summed E-state index contributed by atoms with van der Waals surface area (Å²) >= 11 is 0. The highest BCUT2D eigenvalue weighted by Gasteiger charge is 2.28. The van der Waals surface area contributed by atoms with Crippen LogP contribution < -0.4 is 5.32 Å². The predicted molar refractivity (Wildman–Crippen MR) is 86.1 cm³/mol. The minimum atomic E-state index is 0.453. The SMILES string of the molecule is Cc1nn(C)c(C)c1NC1CCCC(C(C)(C)C)CC1. The molecule has 1 saturated carbocycles. The number of rotatable bonds is 2. The number of aryl methyl sites for hydroxylation is 2. The summed E-state index contributed by atoms with van der Waals surface area (Å²) in [5, 5.41) is 8.27. The van der Waals surface area contributed by atoms with E-state index in [0.29, 0.717) is 11.5 Å². The molecule has 2 unspecified atom stereocenters. The molecule has 1 aliphatic carbocycles. The van der Waals surface area contributed by atoms with Crippen molar-refractivity contribution in [3.63, 3.8) is 0 Å². The molecule has 0 bridgehead atoms. The second-order valence-corrected chi connectivity index (χ2v) is 7.58. The standard InChI is InChI=1S/C17H31N3/c1-12-16(13(2)20(6)19-12)18-15-9-7-8-14(10-11-15)17(3,4)5/h14-15,18H,7-11H2,1-6H3. The lowest BCUT2D eigenvalue weighted by molar-refractivity contribution is 0.214. The van der Waals surface area contributed by atoms with Gasteiger partial charge in [-0.2, -0.15) is 5.10 Å². The van der Waals surface area contributed by atoms with Gasteiger partial charge in [-0.1, -0.05) is 27.2 Å². The summed E-state index contributed by atoms with van der Waals surface area (Å²) in [6, 6.07) is 0.615. The Labute approximate surface area is 124 Å². The van der Waals surface area contributed by atoms with Crippen molar-refractivity contribution in [3.8, 4) is 0 Å². The highest BCUT2D eigenvalue weighted by atomic mass is 15.3. The van der Waals surface area contributed by atoms with Crippen LogP contribution in [0.3, 0.4) is 0 Å². The fraction of sp³-hybridized carbons (Fsp3) is 0.824. The monoisotopic (exact) mass is 277 g/mol. The normalized spacial score (nSPS) is 24.5. The van der Waals surface area contributed by atoms with Gasteiger partial charge in [0.2, 0.25) is 0 Å². The summed E-state index contributed by atoms with van der Waals surface area (Å²) in [7, 11) is 2.02. The maximum Gasteiger partial charge on any atom is 0.0827 e. The van der Waals surface area contributed by atoms with Crippen LogP contribution in [-0.4, -0.2) is 15.8 Å². The Morgan fingerprint density at radius 3 is 2.35 bits per heavy atom. The predicted octanol–water partition coefficient (Wildman–Crippen LogP) is 4.44. The Balaban J connectivity index is 2.01. The van der Waals surface area contributed by atoms with Gasteiger partial charge in [-0.05, 0) is 50.9 Å². The van der Waals surface area contributed by atoms with E-state index in [1.807, 2.05) is 11.7 Å². The summed E-state index contributed by atoms with van der Waals surface area (Å²) < 4.78 is 1.98. The Bertz CT molecular complexity index is 454. The van der Waals surface area contributed by atoms with Crippen molar-refractivity contribution < 1.29 is 0 Å². The Morgan fingerprint density at radius 1 is 1.10 bits per heavy atom. The molecule has 20 heavy (non-hydrogen) atoms. The number of hydrogen-bond donors (Lipinski definition) is 1. The summed E-state index contributed by atoms with van der Waals surface area (Å²) in [6.07, 6.45) is 6.65. The van der Waals surface area contributed by atoms with Gasteiger partial charge in [-0.15, -0.1) is 0 Å². The number of nitrogens with zero attached hydrogens (tertiary/aromatic N) is 2. The largest absolute Gasteiger partial charge is 0.379 e. The average Bonchev–Trinajstić information content (AvgIpc) is 2.57. The smallest absolute Gasteiger partial charge is 0.0827 e. The van der Waals surface area contributed by atoms with Gasteiger partial charge in [0.1, 0.15) is 0 Å². The molecule has 1 aromatic heterocycles. The van der Waals surface area contributed by atoms with E-state index in [4.69, 9.17) is 0 Å². The molecule has 0 spiro atoms. The zero-order valence-corrected chi connectivity index (χ0v) is 14.1. The van der Waals surface area contributed by atoms with Gasteiger partial charge in [0.15, 0.2) is 0 Å². The van der Waals surface area contributed by atoms with Crippen molar-refractivity contribution >= 4 is 5.69 Å².